The molecule has 3 N–H and O–H groups in total. The van der Waals surface area contributed by atoms with Crippen molar-refractivity contribution in [3.05, 3.63) is 39.8 Å². The fourth-order valence-electron chi connectivity index (χ4n) is 1.56. The SMILES string of the molecule is O=C(O)NCC(=O)Nc1nc(-c2cccc([N+](=O)[O-])c2)cs1. The van der Waals surface area contributed by atoms with E-state index in [2.05, 4.69) is 10.3 Å². The van der Waals surface area contributed by atoms with Crippen LogP contribution in [0.1, 0.15) is 0 Å². The van der Waals surface area contributed by atoms with Crippen LogP contribution in [0.2, 0.25) is 0 Å². The third kappa shape index (κ3) is 3.99. The Bertz CT molecular complexity index is 730. The van der Waals surface area contributed by atoms with E-state index in [1.807, 2.05) is 5.32 Å². The predicted molar refractivity (Wildman–Crippen MR) is 78.9 cm³/mol. The molecule has 2 amide bonds. The van der Waals surface area contributed by atoms with Gasteiger partial charge in [0.2, 0.25) is 5.91 Å². The maximum Gasteiger partial charge on any atom is 0.405 e. The van der Waals surface area contributed by atoms with Gasteiger partial charge < -0.3 is 15.7 Å². The number of anilines is 1. The first-order valence-corrected chi connectivity index (χ1v) is 6.80. The Morgan fingerprint density at radius 1 is 1.41 bits per heavy atom. The number of carbonyl (C=O) groups is 2. The van der Waals surface area contributed by atoms with Gasteiger partial charge in [0.1, 0.15) is 6.54 Å². The maximum absolute atomic E-state index is 11.4. The average molecular weight is 322 g/mol. The molecule has 0 saturated heterocycles. The van der Waals surface area contributed by atoms with Gasteiger partial charge in [-0.3, -0.25) is 14.9 Å². The number of hydrogen-bond acceptors (Lipinski definition) is 6. The van der Waals surface area contributed by atoms with Crippen molar-refractivity contribution in [3.63, 3.8) is 0 Å². The lowest BCUT2D eigenvalue weighted by molar-refractivity contribution is -0.384. The van der Waals surface area contributed by atoms with Crippen molar-refractivity contribution >= 4 is 34.2 Å². The van der Waals surface area contributed by atoms with Crippen LogP contribution in [0.25, 0.3) is 11.3 Å². The molecule has 0 fully saturated rings. The first kappa shape index (κ1) is 15.4. The van der Waals surface area contributed by atoms with Gasteiger partial charge in [0.15, 0.2) is 5.13 Å². The summed E-state index contributed by atoms with van der Waals surface area (Å²) in [5, 5.41) is 25.4. The minimum absolute atomic E-state index is 0.0539. The summed E-state index contributed by atoms with van der Waals surface area (Å²) >= 11 is 1.13. The van der Waals surface area contributed by atoms with E-state index in [-0.39, 0.29) is 17.4 Å². The van der Waals surface area contributed by atoms with Crippen LogP contribution in [0.3, 0.4) is 0 Å². The Morgan fingerprint density at radius 3 is 2.86 bits per heavy atom. The maximum atomic E-state index is 11.4. The van der Waals surface area contributed by atoms with Crippen molar-refractivity contribution in [1.82, 2.24) is 10.3 Å². The smallest absolute Gasteiger partial charge is 0.405 e. The first-order chi connectivity index (χ1) is 10.5. The molecule has 1 aromatic carbocycles. The molecule has 0 spiro atoms. The molecule has 0 saturated carbocycles. The van der Waals surface area contributed by atoms with E-state index in [1.165, 1.54) is 12.1 Å². The molecule has 0 aliphatic carbocycles. The van der Waals surface area contributed by atoms with Gasteiger partial charge in [-0.1, -0.05) is 12.1 Å². The standard InChI is InChI=1S/C12H10N4O5S/c17-10(5-13-12(18)19)15-11-14-9(6-22-11)7-2-1-3-8(4-7)16(20)21/h1-4,6,13H,5H2,(H,18,19)(H,14,15,17). The van der Waals surface area contributed by atoms with Gasteiger partial charge in [0.05, 0.1) is 10.6 Å². The molecule has 114 valence electrons. The Balaban J connectivity index is 2.08. The first-order valence-electron chi connectivity index (χ1n) is 5.92. The van der Waals surface area contributed by atoms with Gasteiger partial charge in [0.25, 0.3) is 5.69 Å². The molecule has 0 bridgehead atoms. The van der Waals surface area contributed by atoms with Gasteiger partial charge >= 0.3 is 6.09 Å². The van der Waals surface area contributed by atoms with Crippen LogP contribution in [0.4, 0.5) is 15.6 Å². The number of amides is 2. The van der Waals surface area contributed by atoms with E-state index in [0.29, 0.717) is 11.3 Å². The second kappa shape index (κ2) is 6.63. The second-order valence-electron chi connectivity index (χ2n) is 4.05. The summed E-state index contributed by atoms with van der Waals surface area (Å²) in [6.07, 6.45) is -1.30. The number of non-ortho nitro benzene ring substituents is 1. The van der Waals surface area contributed by atoms with Crippen LogP contribution in [-0.4, -0.2) is 33.6 Å². The van der Waals surface area contributed by atoms with E-state index in [0.717, 1.165) is 11.3 Å². The lowest BCUT2D eigenvalue weighted by atomic mass is 10.1. The molecule has 0 atom stereocenters. The Morgan fingerprint density at radius 2 is 2.18 bits per heavy atom. The van der Waals surface area contributed by atoms with E-state index >= 15 is 0 Å². The van der Waals surface area contributed by atoms with Crippen LogP contribution in [0.5, 0.6) is 0 Å². The number of thiazole rings is 1. The lowest BCUT2D eigenvalue weighted by Gasteiger charge is -2.01. The largest absolute Gasteiger partial charge is 0.465 e. The van der Waals surface area contributed by atoms with Crippen molar-refractivity contribution in [2.45, 2.75) is 0 Å². The highest BCUT2D eigenvalue weighted by Crippen LogP contribution is 2.27. The molecule has 10 heteroatoms. The molecule has 0 aliphatic rings. The molecule has 0 radical (unpaired) electrons. The van der Waals surface area contributed by atoms with Crippen molar-refractivity contribution < 1.29 is 19.6 Å². The molecule has 0 aliphatic heterocycles. The quantitative estimate of drug-likeness (QED) is 0.568. The third-order valence-corrected chi connectivity index (χ3v) is 3.26. The van der Waals surface area contributed by atoms with Gasteiger partial charge in [0, 0.05) is 23.1 Å². The normalized spacial score (nSPS) is 10.0. The van der Waals surface area contributed by atoms with Crippen LogP contribution in [-0.2, 0) is 4.79 Å². The predicted octanol–water partition coefficient (Wildman–Crippen LogP) is 1.92. The number of rotatable bonds is 5. The molecule has 2 aromatic rings. The molecule has 2 rings (SSSR count). The highest BCUT2D eigenvalue weighted by molar-refractivity contribution is 7.14. The number of benzene rings is 1. The zero-order chi connectivity index (χ0) is 16.1. The van der Waals surface area contributed by atoms with Gasteiger partial charge in [-0.2, -0.15) is 0 Å². The number of carbonyl (C=O) groups excluding carboxylic acids is 1. The summed E-state index contributed by atoms with van der Waals surface area (Å²) in [4.78, 5) is 36.1. The molecular weight excluding hydrogens is 312 g/mol. The monoisotopic (exact) mass is 322 g/mol. The molecule has 9 nitrogen and oxygen atoms in total. The summed E-state index contributed by atoms with van der Waals surface area (Å²) in [5.41, 5.74) is 0.978. The van der Waals surface area contributed by atoms with Crippen molar-refractivity contribution in [2.75, 3.05) is 11.9 Å². The Kier molecular flexibility index (Phi) is 4.63. The van der Waals surface area contributed by atoms with Gasteiger partial charge in [-0.15, -0.1) is 11.3 Å². The molecular formula is C12H10N4O5S. The number of hydrogen-bond donors (Lipinski definition) is 3. The number of nitrogens with one attached hydrogen (secondary N) is 2. The summed E-state index contributed by atoms with van der Waals surface area (Å²) in [6, 6.07) is 5.96. The van der Waals surface area contributed by atoms with Crippen LogP contribution < -0.4 is 10.6 Å². The number of nitrogens with zero attached hydrogens (tertiary/aromatic N) is 2. The molecule has 1 aromatic heterocycles. The fraction of sp³-hybridized carbons (Fsp3) is 0.0833. The molecule has 1 heterocycles. The van der Waals surface area contributed by atoms with E-state index in [1.54, 1.807) is 17.5 Å². The van der Waals surface area contributed by atoms with Crippen molar-refractivity contribution in [1.29, 1.82) is 0 Å². The average Bonchev–Trinajstić information content (AvgIpc) is 2.93. The Hall–Kier alpha value is -3.01. The van der Waals surface area contributed by atoms with E-state index < -0.39 is 16.9 Å². The number of carboxylic acid groups (broad SMARTS) is 1. The third-order valence-electron chi connectivity index (χ3n) is 2.50. The summed E-state index contributed by atoms with van der Waals surface area (Å²) < 4.78 is 0. The number of aromatic nitrogens is 1. The minimum atomic E-state index is -1.30. The highest BCUT2D eigenvalue weighted by atomic mass is 32.1. The second-order valence-corrected chi connectivity index (χ2v) is 4.91. The zero-order valence-corrected chi connectivity index (χ0v) is 11.8. The zero-order valence-electron chi connectivity index (χ0n) is 11.0. The minimum Gasteiger partial charge on any atom is -0.465 e. The molecule has 22 heavy (non-hydrogen) atoms. The fourth-order valence-corrected chi connectivity index (χ4v) is 2.30. The van der Waals surface area contributed by atoms with Crippen LogP contribution in [0.15, 0.2) is 29.6 Å². The van der Waals surface area contributed by atoms with Crippen molar-refractivity contribution in [3.8, 4) is 11.3 Å². The number of nitro groups is 1. The van der Waals surface area contributed by atoms with Gasteiger partial charge in [-0.25, -0.2) is 9.78 Å². The Labute approximate surface area is 127 Å². The summed E-state index contributed by atoms with van der Waals surface area (Å²) in [7, 11) is 0. The number of nitro benzene ring substituents is 1. The van der Waals surface area contributed by atoms with Crippen LogP contribution in [0, 0.1) is 10.1 Å². The van der Waals surface area contributed by atoms with Crippen molar-refractivity contribution in [2.24, 2.45) is 0 Å². The van der Waals surface area contributed by atoms with E-state index in [9.17, 15) is 19.7 Å². The van der Waals surface area contributed by atoms with E-state index in [4.69, 9.17) is 5.11 Å². The highest BCUT2D eigenvalue weighted by Gasteiger charge is 2.11. The van der Waals surface area contributed by atoms with Gasteiger partial charge in [-0.05, 0) is 0 Å². The van der Waals surface area contributed by atoms with Crippen LogP contribution >= 0.6 is 11.3 Å². The topological polar surface area (TPSA) is 134 Å². The lowest BCUT2D eigenvalue weighted by Crippen LogP contribution is -2.31. The molecule has 0 unspecified atom stereocenters. The summed E-state index contributed by atoms with van der Waals surface area (Å²) in [5.74, 6) is -0.553. The summed E-state index contributed by atoms with van der Waals surface area (Å²) in [6.45, 7) is -0.388.